The molecule has 0 spiro atoms. The number of benzene rings is 1. The summed E-state index contributed by atoms with van der Waals surface area (Å²) in [6, 6.07) is 4.03. The lowest BCUT2D eigenvalue weighted by atomic mass is 10.1. The van der Waals surface area contributed by atoms with Gasteiger partial charge in [0, 0.05) is 12.6 Å². The molecule has 0 radical (unpaired) electrons. The molecular formula is C14H19FN2O3. The Labute approximate surface area is 117 Å². The first-order valence-corrected chi connectivity index (χ1v) is 6.29. The molecule has 0 aliphatic heterocycles. The van der Waals surface area contributed by atoms with Gasteiger partial charge < -0.3 is 10.4 Å². The van der Waals surface area contributed by atoms with Crippen molar-refractivity contribution in [2.75, 3.05) is 13.6 Å². The van der Waals surface area contributed by atoms with Gasteiger partial charge in [0.25, 0.3) is 0 Å². The van der Waals surface area contributed by atoms with Gasteiger partial charge in [-0.1, -0.05) is 6.07 Å². The standard InChI is InChI=1S/C14H19FN2O3/c1-9(2)16-13(18)8-17(3)7-10-4-5-11(14(19)20)12(15)6-10/h4-6,9H,7-8H2,1-3H3,(H,16,18)(H,19,20). The van der Waals surface area contributed by atoms with Gasteiger partial charge in [-0.25, -0.2) is 9.18 Å². The van der Waals surface area contributed by atoms with Crippen LogP contribution in [0, 0.1) is 5.82 Å². The molecule has 1 aromatic rings. The number of aromatic carboxylic acids is 1. The third-order valence-corrected chi connectivity index (χ3v) is 2.58. The molecule has 0 heterocycles. The van der Waals surface area contributed by atoms with Gasteiger partial charge in [-0.3, -0.25) is 9.69 Å². The zero-order valence-corrected chi connectivity index (χ0v) is 11.8. The second kappa shape index (κ2) is 7.00. The Morgan fingerprint density at radius 1 is 1.40 bits per heavy atom. The minimum absolute atomic E-state index is 0.0724. The monoisotopic (exact) mass is 282 g/mol. The van der Waals surface area contributed by atoms with Crippen LogP contribution >= 0.6 is 0 Å². The Kier molecular flexibility index (Phi) is 5.64. The van der Waals surface area contributed by atoms with Crippen LogP contribution in [0.5, 0.6) is 0 Å². The molecule has 6 heteroatoms. The summed E-state index contributed by atoms with van der Waals surface area (Å²) in [4.78, 5) is 24.0. The minimum atomic E-state index is -1.29. The summed E-state index contributed by atoms with van der Waals surface area (Å²) in [5, 5.41) is 11.5. The Bertz CT molecular complexity index is 503. The predicted octanol–water partition coefficient (Wildman–Crippen LogP) is 1.48. The van der Waals surface area contributed by atoms with Crippen molar-refractivity contribution < 1.29 is 19.1 Å². The van der Waals surface area contributed by atoms with Gasteiger partial charge in [0.05, 0.1) is 12.1 Å². The summed E-state index contributed by atoms with van der Waals surface area (Å²) in [6.45, 7) is 4.30. The van der Waals surface area contributed by atoms with E-state index in [1.165, 1.54) is 12.1 Å². The van der Waals surface area contributed by atoms with E-state index in [9.17, 15) is 14.0 Å². The molecule has 0 aromatic heterocycles. The number of nitrogens with one attached hydrogen (secondary N) is 1. The number of carbonyl (C=O) groups is 2. The third-order valence-electron chi connectivity index (χ3n) is 2.58. The molecule has 1 aromatic carbocycles. The van der Waals surface area contributed by atoms with Crippen LogP contribution in [-0.4, -0.2) is 41.5 Å². The summed E-state index contributed by atoms with van der Waals surface area (Å²) in [5.74, 6) is -2.17. The molecular weight excluding hydrogens is 263 g/mol. The number of hydrogen-bond acceptors (Lipinski definition) is 3. The summed E-state index contributed by atoms with van der Waals surface area (Å²) in [7, 11) is 1.74. The molecule has 5 nitrogen and oxygen atoms in total. The number of likely N-dealkylation sites (N-methyl/N-ethyl adjacent to an activating group) is 1. The maximum absolute atomic E-state index is 13.5. The molecule has 2 N–H and O–H groups in total. The van der Waals surface area contributed by atoms with Crippen LogP contribution in [0.15, 0.2) is 18.2 Å². The van der Waals surface area contributed by atoms with Crippen molar-refractivity contribution in [3.8, 4) is 0 Å². The summed E-state index contributed by atoms with van der Waals surface area (Å²) < 4.78 is 13.5. The van der Waals surface area contributed by atoms with E-state index in [1.54, 1.807) is 18.0 Å². The first-order valence-electron chi connectivity index (χ1n) is 6.29. The van der Waals surface area contributed by atoms with Crippen molar-refractivity contribution in [1.82, 2.24) is 10.2 Å². The summed E-state index contributed by atoms with van der Waals surface area (Å²) >= 11 is 0. The zero-order valence-electron chi connectivity index (χ0n) is 11.8. The number of amides is 1. The second-order valence-electron chi connectivity index (χ2n) is 5.01. The van der Waals surface area contributed by atoms with E-state index in [0.29, 0.717) is 12.1 Å². The molecule has 0 bridgehead atoms. The van der Waals surface area contributed by atoms with Crippen molar-refractivity contribution >= 4 is 11.9 Å². The molecule has 0 unspecified atom stereocenters. The molecule has 0 atom stereocenters. The number of carboxylic acids is 1. The van der Waals surface area contributed by atoms with Crippen LogP contribution in [0.1, 0.15) is 29.8 Å². The van der Waals surface area contributed by atoms with Crippen molar-refractivity contribution in [3.05, 3.63) is 35.1 Å². The Morgan fingerprint density at radius 2 is 2.05 bits per heavy atom. The van der Waals surface area contributed by atoms with Crippen LogP contribution in [-0.2, 0) is 11.3 Å². The Hall–Kier alpha value is -1.95. The Morgan fingerprint density at radius 3 is 2.55 bits per heavy atom. The van der Waals surface area contributed by atoms with Gasteiger partial charge in [-0.15, -0.1) is 0 Å². The first-order chi connectivity index (χ1) is 9.29. The fourth-order valence-corrected chi connectivity index (χ4v) is 1.81. The quantitative estimate of drug-likeness (QED) is 0.829. The van der Waals surface area contributed by atoms with Crippen LogP contribution in [0.2, 0.25) is 0 Å². The lowest BCUT2D eigenvalue weighted by molar-refractivity contribution is -0.122. The van der Waals surface area contributed by atoms with Crippen LogP contribution in [0.3, 0.4) is 0 Å². The number of nitrogens with zero attached hydrogens (tertiary/aromatic N) is 1. The lowest BCUT2D eigenvalue weighted by Crippen LogP contribution is -2.38. The topological polar surface area (TPSA) is 69.6 Å². The number of halogens is 1. The first kappa shape index (κ1) is 16.1. The molecule has 1 amide bonds. The Balaban J connectivity index is 2.62. The average Bonchev–Trinajstić information content (AvgIpc) is 2.26. The highest BCUT2D eigenvalue weighted by molar-refractivity contribution is 5.87. The van der Waals surface area contributed by atoms with Crippen LogP contribution < -0.4 is 5.32 Å². The van der Waals surface area contributed by atoms with Gasteiger partial charge >= 0.3 is 5.97 Å². The highest BCUT2D eigenvalue weighted by Crippen LogP contribution is 2.12. The molecule has 20 heavy (non-hydrogen) atoms. The largest absolute Gasteiger partial charge is 0.478 e. The smallest absolute Gasteiger partial charge is 0.338 e. The second-order valence-corrected chi connectivity index (χ2v) is 5.01. The molecule has 0 saturated carbocycles. The highest BCUT2D eigenvalue weighted by atomic mass is 19.1. The van der Waals surface area contributed by atoms with E-state index >= 15 is 0 Å². The number of carboxylic acid groups (broad SMARTS) is 1. The fourth-order valence-electron chi connectivity index (χ4n) is 1.81. The van der Waals surface area contributed by atoms with Crippen molar-refractivity contribution in [1.29, 1.82) is 0 Å². The van der Waals surface area contributed by atoms with Crippen LogP contribution in [0.25, 0.3) is 0 Å². The van der Waals surface area contributed by atoms with E-state index in [4.69, 9.17) is 5.11 Å². The number of rotatable bonds is 6. The van der Waals surface area contributed by atoms with Gasteiger partial charge in [0.1, 0.15) is 5.82 Å². The van der Waals surface area contributed by atoms with E-state index < -0.39 is 11.8 Å². The molecule has 110 valence electrons. The van der Waals surface area contributed by atoms with E-state index in [2.05, 4.69) is 5.32 Å². The molecule has 0 aliphatic rings. The SMILES string of the molecule is CC(C)NC(=O)CN(C)Cc1ccc(C(=O)O)c(F)c1. The van der Waals surface area contributed by atoms with Crippen molar-refractivity contribution in [3.63, 3.8) is 0 Å². The molecule has 0 fully saturated rings. The maximum Gasteiger partial charge on any atom is 0.338 e. The minimum Gasteiger partial charge on any atom is -0.478 e. The summed E-state index contributed by atoms with van der Waals surface area (Å²) in [5.41, 5.74) is 0.265. The van der Waals surface area contributed by atoms with Gasteiger partial charge in [-0.05, 0) is 38.6 Å². The third kappa shape index (κ3) is 4.97. The number of hydrogen-bond donors (Lipinski definition) is 2. The van der Waals surface area contributed by atoms with Crippen molar-refractivity contribution in [2.45, 2.75) is 26.4 Å². The molecule has 0 aliphatic carbocycles. The van der Waals surface area contributed by atoms with Crippen molar-refractivity contribution in [2.24, 2.45) is 0 Å². The number of carbonyl (C=O) groups excluding carboxylic acids is 1. The zero-order chi connectivity index (χ0) is 15.3. The maximum atomic E-state index is 13.5. The van der Waals surface area contributed by atoms with E-state index in [0.717, 1.165) is 0 Å². The molecule has 1 rings (SSSR count). The van der Waals surface area contributed by atoms with Gasteiger partial charge in [0.2, 0.25) is 5.91 Å². The van der Waals surface area contributed by atoms with Gasteiger partial charge in [0.15, 0.2) is 0 Å². The van der Waals surface area contributed by atoms with Crippen LogP contribution in [0.4, 0.5) is 4.39 Å². The molecule has 0 saturated heterocycles. The summed E-state index contributed by atoms with van der Waals surface area (Å²) in [6.07, 6.45) is 0. The normalized spacial score (nSPS) is 10.9. The van der Waals surface area contributed by atoms with E-state index in [-0.39, 0.29) is 24.1 Å². The predicted molar refractivity (Wildman–Crippen MR) is 73.0 cm³/mol. The average molecular weight is 282 g/mol. The fraction of sp³-hybridized carbons (Fsp3) is 0.429. The van der Waals surface area contributed by atoms with Gasteiger partial charge in [-0.2, -0.15) is 0 Å². The lowest BCUT2D eigenvalue weighted by Gasteiger charge is -2.17. The highest BCUT2D eigenvalue weighted by Gasteiger charge is 2.12. The van der Waals surface area contributed by atoms with E-state index in [1.807, 2.05) is 13.8 Å².